The first-order chi connectivity index (χ1) is 12.1. The number of amides is 1. The summed E-state index contributed by atoms with van der Waals surface area (Å²) in [5.74, 6) is -0.359. The Hall–Kier alpha value is -2.50. The van der Waals surface area contributed by atoms with Crippen LogP contribution in [0.1, 0.15) is 55.9 Å². The number of carbonyl (C=O) groups excluding carboxylic acids is 2. The van der Waals surface area contributed by atoms with Crippen molar-refractivity contribution in [3.05, 3.63) is 35.2 Å². The van der Waals surface area contributed by atoms with Gasteiger partial charge >= 0.3 is 5.97 Å². The lowest BCUT2D eigenvalue weighted by Crippen LogP contribution is -2.24. The van der Waals surface area contributed by atoms with Gasteiger partial charge in [-0.2, -0.15) is 0 Å². The summed E-state index contributed by atoms with van der Waals surface area (Å²) in [7, 11) is 0. The van der Waals surface area contributed by atoms with Crippen molar-refractivity contribution in [1.82, 2.24) is 14.9 Å². The molecule has 0 aliphatic carbocycles. The third kappa shape index (κ3) is 5.00. The summed E-state index contributed by atoms with van der Waals surface area (Å²) in [5, 5.41) is 2.81. The molecule has 0 radical (unpaired) electrons. The highest BCUT2D eigenvalue weighted by molar-refractivity contribution is 5.96. The van der Waals surface area contributed by atoms with E-state index in [1.807, 2.05) is 52.8 Å². The lowest BCUT2D eigenvalue weighted by Gasteiger charge is -2.20. The molecule has 0 fully saturated rings. The van der Waals surface area contributed by atoms with E-state index in [0.29, 0.717) is 12.1 Å². The number of aromatic nitrogens is 2. The molecule has 0 aliphatic heterocycles. The van der Waals surface area contributed by atoms with Crippen molar-refractivity contribution >= 4 is 11.9 Å². The van der Waals surface area contributed by atoms with Gasteiger partial charge in [-0.25, -0.2) is 4.79 Å². The smallest absolute Gasteiger partial charge is 0.340 e. The molecule has 0 spiro atoms. The molecule has 0 aromatic carbocycles. The van der Waals surface area contributed by atoms with E-state index in [9.17, 15) is 9.59 Å². The number of aryl methyl sites for hydroxylation is 2. The first-order valence-corrected chi connectivity index (χ1v) is 8.92. The maximum Gasteiger partial charge on any atom is 0.340 e. The minimum Gasteiger partial charge on any atom is -0.456 e. The highest BCUT2D eigenvalue weighted by Gasteiger charge is 2.24. The third-order valence-corrected chi connectivity index (χ3v) is 3.96. The van der Waals surface area contributed by atoms with Gasteiger partial charge in [-0.3, -0.25) is 4.79 Å². The fourth-order valence-electron chi connectivity index (χ4n) is 2.87. The highest BCUT2D eigenvalue weighted by atomic mass is 16.6. The second-order valence-electron chi connectivity index (χ2n) is 7.59. The molecule has 2 aromatic rings. The molecule has 0 atom stereocenters. The summed E-state index contributed by atoms with van der Waals surface area (Å²) < 4.78 is 7.71. The molecule has 142 valence electrons. The number of carbonyl (C=O) groups is 2. The average Bonchev–Trinajstić information content (AvgIpc) is 3.05. The maximum absolute atomic E-state index is 12.6. The van der Waals surface area contributed by atoms with Gasteiger partial charge in [0.25, 0.3) is 0 Å². The second-order valence-corrected chi connectivity index (χ2v) is 7.59. The summed E-state index contributed by atoms with van der Waals surface area (Å²) in [6, 6.07) is 5.86. The van der Waals surface area contributed by atoms with Gasteiger partial charge in [-0.15, -0.1) is 0 Å². The normalized spacial score (nSPS) is 11.5. The Labute approximate surface area is 154 Å². The fourth-order valence-corrected chi connectivity index (χ4v) is 2.87. The molecule has 26 heavy (non-hydrogen) atoms. The van der Waals surface area contributed by atoms with Crippen molar-refractivity contribution < 1.29 is 14.3 Å². The SMILES string of the molecule is CC(=O)NCCCn1c(C)ccc1-c1[nH]c(C)cc1C(=O)OC(C)(C)C. The van der Waals surface area contributed by atoms with Crippen molar-refractivity contribution in [1.29, 1.82) is 0 Å². The molecular weight excluding hydrogens is 330 g/mol. The predicted octanol–water partition coefficient (Wildman–Crippen LogP) is 3.58. The molecule has 0 saturated carbocycles. The van der Waals surface area contributed by atoms with Crippen molar-refractivity contribution in [2.75, 3.05) is 6.54 Å². The summed E-state index contributed by atoms with van der Waals surface area (Å²) in [4.78, 5) is 26.9. The fraction of sp³-hybridized carbons (Fsp3) is 0.500. The van der Waals surface area contributed by atoms with Crippen LogP contribution < -0.4 is 5.32 Å². The molecule has 6 nitrogen and oxygen atoms in total. The first-order valence-electron chi connectivity index (χ1n) is 8.92. The largest absolute Gasteiger partial charge is 0.456 e. The van der Waals surface area contributed by atoms with Crippen molar-refractivity contribution in [3.63, 3.8) is 0 Å². The van der Waals surface area contributed by atoms with Gasteiger partial charge in [0, 0.05) is 31.4 Å². The molecule has 0 aliphatic rings. The molecule has 1 amide bonds. The molecule has 6 heteroatoms. The minimum absolute atomic E-state index is 0.0262. The molecule has 2 aromatic heterocycles. The lowest BCUT2D eigenvalue weighted by molar-refractivity contribution is -0.118. The summed E-state index contributed by atoms with van der Waals surface area (Å²) in [6.45, 7) is 12.4. The van der Waals surface area contributed by atoms with Crippen LogP contribution >= 0.6 is 0 Å². The minimum atomic E-state index is -0.546. The van der Waals surface area contributed by atoms with Crippen LogP contribution in [0.15, 0.2) is 18.2 Å². The molecule has 0 unspecified atom stereocenters. The quantitative estimate of drug-likeness (QED) is 0.611. The van der Waals surface area contributed by atoms with Crippen LogP contribution in [0.4, 0.5) is 0 Å². The lowest BCUT2D eigenvalue weighted by atomic mass is 10.1. The van der Waals surface area contributed by atoms with Crippen molar-refractivity contribution in [3.8, 4) is 11.4 Å². The molecule has 2 N–H and O–H groups in total. The van der Waals surface area contributed by atoms with Crippen molar-refractivity contribution in [2.45, 2.75) is 60.1 Å². The van der Waals surface area contributed by atoms with Crippen LogP contribution in [0.2, 0.25) is 0 Å². The number of ether oxygens (including phenoxy) is 1. The molecule has 2 heterocycles. The zero-order chi connectivity index (χ0) is 19.5. The standard InChI is InChI=1S/C20H29N3O3/c1-13-12-16(19(25)26-20(4,5)6)18(22-13)17-9-8-14(2)23(17)11-7-10-21-15(3)24/h8-9,12,22H,7,10-11H2,1-6H3,(H,21,24). The van der Waals surface area contributed by atoms with Crippen molar-refractivity contribution in [2.24, 2.45) is 0 Å². The topological polar surface area (TPSA) is 76.1 Å². The van der Waals surface area contributed by atoms with E-state index in [1.165, 1.54) is 6.92 Å². The van der Waals surface area contributed by atoms with E-state index in [-0.39, 0.29) is 11.9 Å². The van der Waals surface area contributed by atoms with E-state index < -0.39 is 5.60 Å². The Morgan fingerprint density at radius 3 is 2.54 bits per heavy atom. The zero-order valence-electron chi connectivity index (χ0n) is 16.5. The Balaban J connectivity index is 2.29. The number of hydrogen-bond donors (Lipinski definition) is 2. The van der Waals surface area contributed by atoms with Crippen LogP contribution in [0.25, 0.3) is 11.4 Å². The Morgan fingerprint density at radius 1 is 1.23 bits per heavy atom. The van der Waals surface area contributed by atoms with Crippen LogP contribution in [0.3, 0.4) is 0 Å². The van der Waals surface area contributed by atoms with E-state index in [0.717, 1.165) is 35.7 Å². The molecule has 0 bridgehead atoms. The van der Waals surface area contributed by atoms with Crippen LogP contribution in [0, 0.1) is 13.8 Å². The Kier molecular flexibility index (Phi) is 5.95. The monoisotopic (exact) mass is 359 g/mol. The number of nitrogens with one attached hydrogen (secondary N) is 2. The van der Waals surface area contributed by atoms with Gasteiger partial charge in [0.1, 0.15) is 5.60 Å². The van der Waals surface area contributed by atoms with Gasteiger partial charge in [-0.1, -0.05) is 0 Å². The number of aromatic amines is 1. The number of nitrogens with zero attached hydrogens (tertiary/aromatic N) is 1. The number of H-pyrrole nitrogens is 1. The third-order valence-electron chi connectivity index (χ3n) is 3.96. The summed E-state index contributed by atoms with van der Waals surface area (Å²) in [6.07, 6.45) is 0.809. The van der Waals surface area contributed by atoms with Crippen LogP contribution in [0.5, 0.6) is 0 Å². The summed E-state index contributed by atoms with van der Waals surface area (Å²) >= 11 is 0. The van der Waals surface area contributed by atoms with Gasteiger partial charge < -0.3 is 19.6 Å². The van der Waals surface area contributed by atoms with Gasteiger partial charge in [0.2, 0.25) is 5.91 Å². The number of rotatable bonds is 6. The summed E-state index contributed by atoms with van der Waals surface area (Å²) in [5.41, 5.74) is 3.72. The predicted molar refractivity (Wildman–Crippen MR) is 102 cm³/mol. The zero-order valence-corrected chi connectivity index (χ0v) is 16.5. The molecular formula is C20H29N3O3. The second kappa shape index (κ2) is 7.81. The van der Waals surface area contributed by atoms with E-state index >= 15 is 0 Å². The number of esters is 1. The van der Waals surface area contributed by atoms with E-state index in [2.05, 4.69) is 14.9 Å². The maximum atomic E-state index is 12.6. The van der Waals surface area contributed by atoms with Gasteiger partial charge in [0.15, 0.2) is 0 Å². The first kappa shape index (κ1) is 19.8. The van der Waals surface area contributed by atoms with E-state index in [1.54, 1.807) is 0 Å². The average molecular weight is 359 g/mol. The highest BCUT2D eigenvalue weighted by Crippen LogP contribution is 2.28. The molecule has 2 rings (SSSR count). The molecule has 0 saturated heterocycles. The van der Waals surface area contributed by atoms with Crippen LogP contribution in [-0.2, 0) is 16.1 Å². The Bertz CT molecular complexity index is 794. The van der Waals surface area contributed by atoms with Gasteiger partial charge in [0.05, 0.1) is 17.0 Å². The van der Waals surface area contributed by atoms with Gasteiger partial charge in [-0.05, 0) is 59.2 Å². The van der Waals surface area contributed by atoms with Crippen LogP contribution in [-0.4, -0.2) is 33.6 Å². The van der Waals surface area contributed by atoms with E-state index in [4.69, 9.17) is 4.74 Å². The Morgan fingerprint density at radius 2 is 1.92 bits per heavy atom. The number of hydrogen-bond acceptors (Lipinski definition) is 3.